The van der Waals surface area contributed by atoms with Crippen molar-refractivity contribution in [2.75, 3.05) is 0 Å². The molecule has 2 aliphatic rings. The first-order valence-corrected chi connectivity index (χ1v) is 12.7. The minimum absolute atomic E-state index is 0.116. The molecule has 3 heterocycles. The van der Waals surface area contributed by atoms with Gasteiger partial charge in [0.1, 0.15) is 10.8 Å². The van der Waals surface area contributed by atoms with Gasteiger partial charge < -0.3 is 14.8 Å². The van der Waals surface area contributed by atoms with E-state index in [0.717, 1.165) is 29.7 Å². The summed E-state index contributed by atoms with van der Waals surface area (Å²) < 4.78 is 15.6. The van der Waals surface area contributed by atoms with E-state index >= 15 is 0 Å². The molecule has 2 aromatic carbocycles. The summed E-state index contributed by atoms with van der Waals surface area (Å²) in [5.74, 6) is -0.276. The molecule has 0 bridgehead atoms. The van der Waals surface area contributed by atoms with Crippen molar-refractivity contribution in [1.82, 2.24) is 14.8 Å². The van der Waals surface area contributed by atoms with Crippen LogP contribution in [0.1, 0.15) is 51.7 Å². The van der Waals surface area contributed by atoms with E-state index in [-0.39, 0.29) is 17.9 Å². The van der Waals surface area contributed by atoms with E-state index in [2.05, 4.69) is 40.3 Å². The van der Waals surface area contributed by atoms with Crippen LogP contribution in [0.5, 0.6) is 0 Å². The van der Waals surface area contributed by atoms with Crippen molar-refractivity contribution in [3.8, 4) is 5.00 Å². The number of nitrogens with zero attached hydrogens (tertiary/aromatic N) is 2. The highest BCUT2D eigenvalue weighted by molar-refractivity contribution is 7.15. The van der Waals surface area contributed by atoms with Gasteiger partial charge in [0.25, 0.3) is 0 Å². The van der Waals surface area contributed by atoms with Crippen LogP contribution in [0.3, 0.4) is 0 Å². The highest BCUT2D eigenvalue weighted by Gasteiger charge is 2.35. The Kier molecular flexibility index (Phi) is 5.46. The lowest BCUT2D eigenvalue weighted by Crippen LogP contribution is -2.41. The molecule has 172 valence electrons. The van der Waals surface area contributed by atoms with Gasteiger partial charge in [0.15, 0.2) is 0 Å². The minimum Gasteiger partial charge on any atom is -0.334 e. The van der Waals surface area contributed by atoms with Crippen molar-refractivity contribution < 1.29 is 9.18 Å². The van der Waals surface area contributed by atoms with E-state index in [1.165, 1.54) is 46.0 Å². The summed E-state index contributed by atoms with van der Waals surface area (Å²) in [5.41, 5.74) is 5.78. The fraction of sp³-hybridized carbons (Fsp3) is 0.250. The second-order valence-electron chi connectivity index (χ2n) is 9.02. The van der Waals surface area contributed by atoms with Crippen molar-refractivity contribution in [3.63, 3.8) is 0 Å². The predicted molar refractivity (Wildman–Crippen MR) is 133 cm³/mol. The fourth-order valence-corrected chi connectivity index (χ4v) is 6.66. The molecule has 6 rings (SSSR count). The molecule has 4 nitrogen and oxygen atoms in total. The number of urea groups is 1. The van der Waals surface area contributed by atoms with Crippen LogP contribution in [-0.2, 0) is 25.9 Å². The van der Waals surface area contributed by atoms with Gasteiger partial charge in [-0.2, -0.15) is 0 Å². The van der Waals surface area contributed by atoms with Gasteiger partial charge >= 0.3 is 6.03 Å². The number of aryl methyl sites for hydroxylation is 1. The summed E-state index contributed by atoms with van der Waals surface area (Å²) in [5, 5.41) is 4.35. The summed E-state index contributed by atoms with van der Waals surface area (Å²) in [7, 11) is 0. The van der Waals surface area contributed by atoms with Crippen molar-refractivity contribution in [3.05, 3.63) is 112 Å². The zero-order valence-corrected chi connectivity index (χ0v) is 19.7. The molecule has 0 saturated heterocycles. The third-order valence-corrected chi connectivity index (χ3v) is 8.25. The summed E-state index contributed by atoms with van der Waals surface area (Å²) in [6.07, 6.45) is 6.78. The Hall–Kier alpha value is -3.38. The van der Waals surface area contributed by atoms with Crippen LogP contribution >= 0.6 is 11.3 Å². The van der Waals surface area contributed by atoms with Crippen LogP contribution < -0.4 is 5.32 Å². The normalized spacial score (nSPS) is 16.9. The second kappa shape index (κ2) is 8.76. The number of rotatable bonds is 3. The molecule has 0 radical (unpaired) electrons. The Labute approximate surface area is 202 Å². The largest absolute Gasteiger partial charge is 0.334 e. The monoisotopic (exact) mass is 471 g/mol. The molecule has 1 aliphatic carbocycles. The molecular formula is C28H26FN3OS. The average Bonchev–Trinajstić information content (AvgIpc) is 3.46. The topological polar surface area (TPSA) is 37.3 Å². The first kappa shape index (κ1) is 21.2. The molecule has 2 aromatic heterocycles. The molecule has 0 saturated carbocycles. The SMILES string of the molecule is O=C(NCc1ccc(F)cc1)N1Cc2c(sc3c2CCCC3)-n2cccc2[C@@H]1c1ccccc1. The van der Waals surface area contributed by atoms with E-state index in [0.29, 0.717) is 13.1 Å². The fourth-order valence-electron chi connectivity index (χ4n) is 5.25. The average molecular weight is 472 g/mol. The number of hydrogen-bond acceptors (Lipinski definition) is 2. The predicted octanol–water partition coefficient (Wildman–Crippen LogP) is 6.37. The number of nitrogens with one attached hydrogen (secondary N) is 1. The molecule has 1 atom stereocenters. The van der Waals surface area contributed by atoms with Crippen molar-refractivity contribution in [2.24, 2.45) is 0 Å². The molecule has 0 spiro atoms. The maximum absolute atomic E-state index is 13.7. The van der Waals surface area contributed by atoms with Gasteiger partial charge in [-0.15, -0.1) is 11.3 Å². The molecular weight excluding hydrogens is 445 g/mol. The number of hydrogen-bond donors (Lipinski definition) is 1. The molecule has 1 N–H and O–H groups in total. The van der Waals surface area contributed by atoms with Gasteiger partial charge in [-0.05, 0) is 66.6 Å². The number of carbonyl (C=O) groups excluding carboxylic acids is 1. The van der Waals surface area contributed by atoms with Crippen LogP contribution in [0.15, 0.2) is 72.9 Å². The molecule has 6 heteroatoms. The van der Waals surface area contributed by atoms with E-state index in [4.69, 9.17) is 0 Å². The van der Waals surface area contributed by atoms with Crippen molar-refractivity contribution >= 4 is 17.4 Å². The van der Waals surface area contributed by atoms with Gasteiger partial charge in [-0.3, -0.25) is 0 Å². The van der Waals surface area contributed by atoms with Crippen LogP contribution in [0.4, 0.5) is 9.18 Å². The number of fused-ring (bicyclic) bond motifs is 5. The summed E-state index contributed by atoms with van der Waals surface area (Å²) in [6, 6.07) is 20.4. The van der Waals surface area contributed by atoms with E-state index < -0.39 is 0 Å². The van der Waals surface area contributed by atoms with Gasteiger partial charge in [0.05, 0.1) is 18.3 Å². The van der Waals surface area contributed by atoms with Crippen LogP contribution in [0, 0.1) is 5.82 Å². The number of thiophene rings is 1. The molecule has 2 amide bonds. The summed E-state index contributed by atoms with van der Waals surface area (Å²) >= 11 is 1.89. The van der Waals surface area contributed by atoms with Crippen LogP contribution in [-0.4, -0.2) is 15.5 Å². The zero-order chi connectivity index (χ0) is 23.1. The number of halogens is 1. The Morgan fingerprint density at radius 2 is 1.76 bits per heavy atom. The minimum atomic E-state index is -0.276. The third-order valence-electron chi connectivity index (χ3n) is 6.91. The standard InChI is InChI=1S/C28H26FN3OS/c29-21-14-12-19(13-15-21)17-30-28(33)32-18-23-22-9-4-5-11-25(22)34-27(23)31-16-6-10-24(31)26(32)20-7-2-1-3-8-20/h1-3,6-8,10,12-16,26H,4-5,9,11,17-18H2,(H,30,33)/t26-/m0/s1. The van der Waals surface area contributed by atoms with Gasteiger partial charge in [0.2, 0.25) is 0 Å². The van der Waals surface area contributed by atoms with Gasteiger partial charge in [0, 0.05) is 23.2 Å². The summed E-state index contributed by atoms with van der Waals surface area (Å²) in [4.78, 5) is 17.2. The van der Waals surface area contributed by atoms with E-state index in [9.17, 15) is 9.18 Å². The summed E-state index contributed by atoms with van der Waals surface area (Å²) in [6.45, 7) is 0.921. The van der Waals surface area contributed by atoms with Crippen molar-refractivity contribution in [2.45, 2.75) is 44.8 Å². The molecule has 0 unspecified atom stereocenters. The third kappa shape index (κ3) is 3.72. The first-order valence-electron chi connectivity index (χ1n) is 11.8. The quantitative estimate of drug-likeness (QED) is 0.370. The maximum Gasteiger partial charge on any atom is 0.318 e. The van der Waals surface area contributed by atoms with Gasteiger partial charge in [-0.25, -0.2) is 9.18 Å². The van der Waals surface area contributed by atoms with E-state index in [1.807, 2.05) is 34.4 Å². The highest BCUT2D eigenvalue weighted by Crippen LogP contribution is 2.43. The molecule has 1 aliphatic heterocycles. The lowest BCUT2D eigenvalue weighted by atomic mass is 9.95. The Morgan fingerprint density at radius 3 is 2.59 bits per heavy atom. The lowest BCUT2D eigenvalue weighted by Gasteiger charge is -2.31. The van der Waals surface area contributed by atoms with Crippen molar-refractivity contribution in [1.29, 1.82) is 0 Å². The van der Waals surface area contributed by atoms with Gasteiger partial charge in [-0.1, -0.05) is 42.5 Å². The van der Waals surface area contributed by atoms with Crippen LogP contribution in [0.2, 0.25) is 0 Å². The molecule has 4 aromatic rings. The molecule has 34 heavy (non-hydrogen) atoms. The zero-order valence-electron chi connectivity index (χ0n) is 18.8. The van der Waals surface area contributed by atoms with E-state index in [1.54, 1.807) is 12.1 Å². The first-order chi connectivity index (χ1) is 16.7. The number of benzene rings is 2. The lowest BCUT2D eigenvalue weighted by molar-refractivity contribution is 0.180. The number of aromatic nitrogens is 1. The Balaban J connectivity index is 1.42. The smallest absolute Gasteiger partial charge is 0.318 e. The molecule has 0 fully saturated rings. The van der Waals surface area contributed by atoms with Crippen LogP contribution in [0.25, 0.3) is 5.00 Å². The Morgan fingerprint density at radius 1 is 0.971 bits per heavy atom. The Bertz CT molecular complexity index is 1330. The number of amides is 2. The second-order valence-corrected chi connectivity index (χ2v) is 10.1. The maximum atomic E-state index is 13.7. The number of carbonyl (C=O) groups is 1. The highest BCUT2D eigenvalue weighted by atomic mass is 32.1.